The van der Waals surface area contributed by atoms with Crippen molar-refractivity contribution >= 4 is 16.9 Å². The van der Waals surface area contributed by atoms with Crippen LogP contribution in [0.2, 0.25) is 0 Å². The zero-order chi connectivity index (χ0) is 10.1. The van der Waals surface area contributed by atoms with E-state index in [-0.39, 0.29) is 6.10 Å². The largest absolute Gasteiger partial charge is 0.389 e. The van der Waals surface area contributed by atoms with Gasteiger partial charge in [-0.05, 0) is 36.8 Å². The van der Waals surface area contributed by atoms with Crippen LogP contribution in [0.15, 0.2) is 11.0 Å². The highest BCUT2D eigenvalue weighted by atomic mass is 32.1. The minimum atomic E-state index is -0.291. The van der Waals surface area contributed by atoms with Gasteiger partial charge < -0.3 is 5.11 Å². The van der Waals surface area contributed by atoms with Crippen LogP contribution in [0.25, 0.3) is 5.57 Å². The quantitative estimate of drug-likeness (QED) is 0.712. The third-order valence-corrected chi connectivity index (χ3v) is 3.35. The molecule has 3 heteroatoms. The van der Waals surface area contributed by atoms with Crippen LogP contribution >= 0.6 is 11.3 Å². The fourth-order valence-electron chi connectivity index (χ4n) is 1.70. The summed E-state index contributed by atoms with van der Waals surface area (Å²) in [7, 11) is 0. The minimum absolute atomic E-state index is 0.291. The van der Waals surface area contributed by atoms with Crippen molar-refractivity contribution in [1.82, 2.24) is 4.98 Å². The van der Waals surface area contributed by atoms with E-state index in [4.69, 9.17) is 6.42 Å². The van der Waals surface area contributed by atoms with Crippen LogP contribution in [0.4, 0.5) is 0 Å². The Bertz CT molecular complexity index is 425. The maximum atomic E-state index is 9.57. The molecule has 0 radical (unpaired) electrons. The lowest BCUT2D eigenvalue weighted by Gasteiger charge is -2.01. The van der Waals surface area contributed by atoms with Crippen molar-refractivity contribution in [3.8, 4) is 12.3 Å². The highest BCUT2D eigenvalue weighted by Gasteiger charge is 2.22. The van der Waals surface area contributed by atoms with Gasteiger partial charge in [0, 0.05) is 5.38 Å². The van der Waals surface area contributed by atoms with E-state index >= 15 is 0 Å². The van der Waals surface area contributed by atoms with E-state index in [2.05, 4.69) is 10.9 Å². The zero-order valence-electron chi connectivity index (χ0n) is 7.95. The first kappa shape index (κ1) is 9.45. The van der Waals surface area contributed by atoms with Crippen molar-refractivity contribution in [1.29, 1.82) is 0 Å². The summed E-state index contributed by atoms with van der Waals surface area (Å²) >= 11 is 1.48. The average molecular weight is 205 g/mol. The molecule has 0 aromatic carbocycles. The van der Waals surface area contributed by atoms with E-state index in [1.807, 2.05) is 12.3 Å². The van der Waals surface area contributed by atoms with Crippen molar-refractivity contribution in [2.24, 2.45) is 0 Å². The van der Waals surface area contributed by atoms with Gasteiger partial charge in [0.15, 0.2) is 5.01 Å². The second-order valence-corrected chi connectivity index (χ2v) is 4.26. The molecule has 2 rings (SSSR count). The number of rotatable bonds is 1. The Morgan fingerprint density at radius 1 is 1.71 bits per heavy atom. The van der Waals surface area contributed by atoms with Crippen LogP contribution in [0.3, 0.4) is 0 Å². The summed E-state index contributed by atoms with van der Waals surface area (Å²) in [6.07, 6.45) is 6.68. The monoisotopic (exact) mass is 205 g/mol. The average Bonchev–Trinajstić information content (AvgIpc) is 2.75. The fourth-order valence-corrected chi connectivity index (χ4v) is 2.34. The summed E-state index contributed by atoms with van der Waals surface area (Å²) in [4.78, 5) is 4.31. The molecule has 0 amide bonds. The van der Waals surface area contributed by atoms with Crippen LogP contribution in [-0.2, 0) is 0 Å². The Morgan fingerprint density at radius 2 is 2.50 bits per heavy atom. The lowest BCUT2D eigenvalue weighted by Crippen LogP contribution is -2.00. The second kappa shape index (κ2) is 3.56. The molecule has 1 unspecified atom stereocenters. The van der Waals surface area contributed by atoms with E-state index in [0.717, 1.165) is 29.7 Å². The van der Waals surface area contributed by atoms with E-state index in [1.165, 1.54) is 11.3 Å². The molecule has 1 aliphatic carbocycles. The number of nitrogens with zero attached hydrogens (tertiary/aromatic N) is 1. The number of hydrogen-bond acceptors (Lipinski definition) is 3. The molecule has 0 spiro atoms. The van der Waals surface area contributed by atoms with Gasteiger partial charge in [0.05, 0.1) is 11.8 Å². The lowest BCUT2D eigenvalue weighted by atomic mass is 10.1. The Labute approximate surface area is 87.3 Å². The van der Waals surface area contributed by atoms with Crippen molar-refractivity contribution in [2.75, 3.05) is 0 Å². The van der Waals surface area contributed by atoms with Gasteiger partial charge in [-0.25, -0.2) is 4.98 Å². The van der Waals surface area contributed by atoms with Gasteiger partial charge >= 0.3 is 0 Å². The van der Waals surface area contributed by atoms with Crippen molar-refractivity contribution in [3.63, 3.8) is 0 Å². The smallest absolute Gasteiger partial charge is 0.167 e. The van der Waals surface area contributed by atoms with Crippen LogP contribution in [0, 0.1) is 12.3 Å². The fraction of sp³-hybridized carbons (Fsp3) is 0.364. The number of terminal acetylenes is 1. The van der Waals surface area contributed by atoms with Crippen LogP contribution in [0.5, 0.6) is 0 Å². The summed E-state index contributed by atoms with van der Waals surface area (Å²) < 4.78 is 0. The van der Waals surface area contributed by atoms with Crippen LogP contribution < -0.4 is 0 Å². The molecule has 0 saturated carbocycles. The summed E-state index contributed by atoms with van der Waals surface area (Å²) in [6, 6.07) is 0. The standard InChI is InChI=1S/C11H11NOS/c1-3-11-12-9(6-14-11)8-4-5-10(13)7(8)2/h1,6,10,13H,4-5H2,2H3. The Kier molecular flexibility index (Phi) is 2.40. The third-order valence-electron chi connectivity index (χ3n) is 2.58. The maximum Gasteiger partial charge on any atom is 0.167 e. The molecule has 72 valence electrons. The molecular formula is C11H11NOS. The van der Waals surface area contributed by atoms with Gasteiger partial charge in [-0.2, -0.15) is 0 Å². The number of thiazole rings is 1. The number of allylic oxidation sites excluding steroid dienone is 1. The molecule has 1 aliphatic rings. The van der Waals surface area contributed by atoms with Gasteiger partial charge in [0.1, 0.15) is 0 Å². The SMILES string of the molecule is C#Cc1nc(C2=C(C)C(O)CC2)cs1. The summed E-state index contributed by atoms with van der Waals surface area (Å²) in [5, 5.41) is 12.2. The molecule has 1 heterocycles. The molecule has 0 fully saturated rings. The van der Waals surface area contributed by atoms with Gasteiger partial charge in [0.25, 0.3) is 0 Å². The molecule has 0 saturated heterocycles. The highest BCUT2D eigenvalue weighted by molar-refractivity contribution is 7.10. The number of hydrogen-bond donors (Lipinski definition) is 1. The van der Waals surface area contributed by atoms with Gasteiger partial charge in [-0.15, -0.1) is 17.8 Å². The van der Waals surface area contributed by atoms with Crippen LogP contribution in [0.1, 0.15) is 30.5 Å². The second-order valence-electron chi connectivity index (χ2n) is 3.40. The molecule has 2 nitrogen and oxygen atoms in total. The number of aliphatic hydroxyl groups excluding tert-OH is 1. The first-order valence-electron chi connectivity index (χ1n) is 4.52. The molecule has 0 bridgehead atoms. The van der Waals surface area contributed by atoms with Crippen molar-refractivity contribution < 1.29 is 5.11 Å². The van der Waals surface area contributed by atoms with Crippen molar-refractivity contribution in [3.05, 3.63) is 21.7 Å². The molecule has 1 aromatic heterocycles. The lowest BCUT2D eigenvalue weighted by molar-refractivity contribution is 0.212. The predicted molar refractivity (Wildman–Crippen MR) is 57.9 cm³/mol. The third kappa shape index (κ3) is 1.47. The minimum Gasteiger partial charge on any atom is -0.389 e. The van der Waals surface area contributed by atoms with E-state index in [9.17, 15) is 5.11 Å². The maximum absolute atomic E-state index is 9.57. The zero-order valence-corrected chi connectivity index (χ0v) is 8.77. The predicted octanol–water partition coefficient (Wildman–Crippen LogP) is 2.05. The highest BCUT2D eigenvalue weighted by Crippen LogP contribution is 2.33. The summed E-state index contributed by atoms with van der Waals surface area (Å²) in [6.45, 7) is 1.96. The molecule has 1 aromatic rings. The molecular weight excluding hydrogens is 194 g/mol. The number of aliphatic hydroxyl groups is 1. The van der Waals surface area contributed by atoms with Gasteiger partial charge in [0.2, 0.25) is 0 Å². The Hall–Kier alpha value is -1.11. The van der Waals surface area contributed by atoms with E-state index in [0.29, 0.717) is 5.01 Å². The molecule has 1 atom stereocenters. The topological polar surface area (TPSA) is 33.1 Å². The van der Waals surface area contributed by atoms with Gasteiger partial charge in [-0.3, -0.25) is 0 Å². The molecule has 1 N–H and O–H groups in total. The first-order valence-corrected chi connectivity index (χ1v) is 5.40. The van der Waals surface area contributed by atoms with E-state index in [1.54, 1.807) is 0 Å². The molecule has 14 heavy (non-hydrogen) atoms. The first-order chi connectivity index (χ1) is 6.72. The van der Waals surface area contributed by atoms with Crippen molar-refractivity contribution in [2.45, 2.75) is 25.9 Å². The number of aromatic nitrogens is 1. The summed E-state index contributed by atoms with van der Waals surface area (Å²) in [5.41, 5.74) is 3.14. The van der Waals surface area contributed by atoms with Gasteiger partial charge in [-0.1, -0.05) is 0 Å². The Morgan fingerprint density at radius 3 is 3.00 bits per heavy atom. The normalized spacial score (nSPS) is 21.4. The summed E-state index contributed by atoms with van der Waals surface area (Å²) in [5.74, 6) is 2.52. The van der Waals surface area contributed by atoms with E-state index < -0.39 is 0 Å². The Balaban J connectivity index is 2.37. The molecule has 0 aliphatic heterocycles. The van der Waals surface area contributed by atoms with Crippen LogP contribution in [-0.4, -0.2) is 16.2 Å².